The minimum Gasteiger partial charge on any atom is -0.480 e. The number of benzene rings is 1. The molecule has 0 fully saturated rings. The fourth-order valence-electron chi connectivity index (χ4n) is 2.66. The summed E-state index contributed by atoms with van der Waals surface area (Å²) in [5, 5.41) is 13.7. The number of Topliss-reactive ketones (excluding diaryl/α,β-unsaturated/α-hetero) is 1. The lowest BCUT2D eigenvalue weighted by Gasteiger charge is -2.04. The molecule has 2 aromatic heterocycles. The van der Waals surface area contributed by atoms with E-state index in [4.69, 9.17) is 5.11 Å². The number of carbonyl (C=O) groups excluding carboxylic acids is 2. The molecule has 0 aliphatic rings. The number of aromatic nitrogens is 4. The predicted molar refractivity (Wildman–Crippen MR) is 94.1 cm³/mol. The van der Waals surface area contributed by atoms with Crippen molar-refractivity contribution in [2.24, 2.45) is 0 Å². The summed E-state index contributed by atoms with van der Waals surface area (Å²) in [6.45, 7) is 1.04. The third kappa shape index (κ3) is 3.81. The molecule has 0 atom stereocenters. The Morgan fingerprint density at radius 1 is 1.15 bits per heavy atom. The highest BCUT2D eigenvalue weighted by Crippen LogP contribution is 2.26. The van der Waals surface area contributed by atoms with Crippen LogP contribution in [0.1, 0.15) is 23.2 Å². The van der Waals surface area contributed by atoms with Crippen LogP contribution in [-0.2, 0) is 27.3 Å². The lowest BCUT2D eigenvalue weighted by molar-refractivity contribution is -0.140. The summed E-state index contributed by atoms with van der Waals surface area (Å²) in [7, 11) is 1.29. The summed E-state index contributed by atoms with van der Waals surface area (Å²) in [5.41, 5.74) is 2.18. The van der Waals surface area contributed by atoms with Gasteiger partial charge in [0.25, 0.3) is 0 Å². The number of ketones is 1. The van der Waals surface area contributed by atoms with Gasteiger partial charge in [-0.3, -0.25) is 19.1 Å². The van der Waals surface area contributed by atoms with Gasteiger partial charge >= 0.3 is 11.9 Å². The number of rotatable bonds is 6. The van der Waals surface area contributed by atoms with E-state index in [9.17, 15) is 14.4 Å². The first-order valence-corrected chi connectivity index (χ1v) is 8.00. The van der Waals surface area contributed by atoms with Gasteiger partial charge in [-0.05, 0) is 17.7 Å². The fraction of sp³-hybridized carbons (Fsp3) is 0.222. The van der Waals surface area contributed by atoms with Crippen molar-refractivity contribution in [1.82, 2.24) is 19.7 Å². The molecule has 138 valence electrons. The largest absolute Gasteiger partial charge is 0.480 e. The van der Waals surface area contributed by atoms with Crippen molar-refractivity contribution in [1.29, 1.82) is 0 Å². The first-order chi connectivity index (χ1) is 12.9. The zero-order valence-electron chi connectivity index (χ0n) is 14.7. The molecule has 9 heteroatoms. The van der Waals surface area contributed by atoms with E-state index in [0.29, 0.717) is 22.3 Å². The van der Waals surface area contributed by atoms with Crippen LogP contribution in [0.25, 0.3) is 22.0 Å². The molecule has 3 rings (SSSR count). The Kier molecular flexibility index (Phi) is 4.93. The fourth-order valence-corrected chi connectivity index (χ4v) is 2.66. The molecule has 0 aliphatic heterocycles. The molecular formula is C18H16N4O5. The highest BCUT2D eigenvalue weighted by Gasteiger charge is 2.17. The Bertz CT molecular complexity index is 1040. The predicted octanol–water partition coefficient (Wildman–Crippen LogP) is 1.50. The molecule has 0 saturated carbocycles. The molecule has 9 nitrogen and oxygen atoms in total. The van der Waals surface area contributed by atoms with Gasteiger partial charge in [0.1, 0.15) is 24.5 Å². The maximum Gasteiger partial charge on any atom is 0.325 e. The summed E-state index contributed by atoms with van der Waals surface area (Å²) in [5.74, 6) is -1.40. The van der Waals surface area contributed by atoms with Crippen LogP contribution in [0.2, 0.25) is 0 Å². The van der Waals surface area contributed by atoms with Gasteiger partial charge in [-0.25, -0.2) is 9.97 Å². The Balaban J connectivity index is 2.00. The Labute approximate surface area is 153 Å². The average molecular weight is 368 g/mol. The van der Waals surface area contributed by atoms with E-state index < -0.39 is 11.9 Å². The molecule has 0 aliphatic carbocycles. The molecular weight excluding hydrogens is 352 g/mol. The van der Waals surface area contributed by atoms with Crippen molar-refractivity contribution in [3.8, 4) is 11.1 Å². The van der Waals surface area contributed by atoms with Crippen molar-refractivity contribution < 1.29 is 24.2 Å². The number of hydrogen-bond acceptors (Lipinski definition) is 7. The van der Waals surface area contributed by atoms with Gasteiger partial charge in [-0.1, -0.05) is 6.07 Å². The molecule has 0 saturated heterocycles. The van der Waals surface area contributed by atoms with Crippen molar-refractivity contribution in [3.05, 3.63) is 42.1 Å². The molecule has 0 radical (unpaired) electrons. The molecule has 2 heterocycles. The van der Waals surface area contributed by atoms with E-state index in [-0.39, 0.29) is 24.4 Å². The number of nitrogens with zero attached hydrogens (tertiary/aromatic N) is 4. The topological polar surface area (TPSA) is 124 Å². The van der Waals surface area contributed by atoms with Crippen LogP contribution < -0.4 is 0 Å². The highest BCUT2D eigenvalue weighted by atomic mass is 16.5. The standard InChI is InChI=1S/C18H16N4O5/c1-10(23)18-13-5-11(3-4-14(13)22(21-18)9-16(24)25)12-7-19-15(20-8-12)6-17(26)27-2/h3-5,7-8H,6,9H2,1-2H3,(H,24,25). The number of aliphatic carboxylic acids is 1. The second-order valence-electron chi connectivity index (χ2n) is 5.83. The Morgan fingerprint density at radius 3 is 2.44 bits per heavy atom. The van der Waals surface area contributed by atoms with E-state index >= 15 is 0 Å². The molecule has 27 heavy (non-hydrogen) atoms. The maximum atomic E-state index is 11.9. The number of carboxylic acids is 1. The Hall–Kier alpha value is -3.62. The van der Waals surface area contributed by atoms with Gasteiger partial charge in [0.15, 0.2) is 5.78 Å². The number of carbonyl (C=O) groups is 3. The minimum absolute atomic E-state index is 0.0216. The second kappa shape index (κ2) is 7.32. The Morgan fingerprint density at radius 2 is 1.85 bits per heavy atom. The third-order valence-electron chi connectivity index (χ3n) is 3.94. The number of fused-ring (bicyclic) bond motifs is 1. The van der Waals surface area contributed by atoms with E-state index in [0.717, 1.165) is 5.56 Å². The van der Waals surface area contributed by atoms with Gasteiger partial charge in [-0.2, -0.15) is 5.10 Å². The van der Waals surface area contributed by atoms with Crippen LogP contribution >= 0.6 is 0 Å². The highest BCUT2D eigenvalue weighted by molar-refractivity contribution is 6.06. The van der Waals surface area contributed by atoms with E-state index in [1.807, 2.05) is 0 Å². The molecule has 0 amide bonds. The molecule has 0 bridgehead atoms. The summed E-state index contributed by atoms with van der Waals surface area (Å²) in [4.78, 5) is 42.5. The number of methoxy groups -OCH3 is 1. The summed E-state index contributed by atoms with van der Waals surface area (Å²) < 4.78 is 5.87. The van der Waals surface area contributed by atoms with Crippen LogP contribution in [-0.4, -0.2) is 49.7 Å². The maximum absolute atomic E-state index is 11.9. The zero-order chi connectivity index (χ0) is 19.6. The van der Waals surface area contributed by atoms with Crippen LogP contribution in [0.15, 0.2) is 30.6 Å². The van der Waals surface area contributed by atoms with Gasteiger partial charge in [0, 0.05) is 30.3 Å². The minimum atomic E-state index is -1.05. The first-order valence-electron chi connectivity index (χ1n) is 8.00. The van der Waals surface area contributed by atoms with Crippen LogP contribution in [0.3, 0.4) is 0 Å². The summed E-state index contributed by atoms with van der Waals surface area (Å²) in [6, 6.07) is 5.22. The quantitative estimate of drug-likeness (QED) is 0.513. The summed E-state index contributed by atoms with van der Waals surface area (Å²) >= 11 is 0. The van der Waals surface area contributed by atoms with E-state index in [1.165, 1.54) is 18.7 Å². The number of esters is 1. The van der Waals surface area contributed by atoms with Crippen molar-refractivity contribution in [2.45, 2.75) is 19.9 Å². The zero-order valence-corrected chi connectivity index (χ0v) is 14.7. The lowest BCUT2D eigenvalue weighted by Crippen LogP contribution is -2.10. The average Bonchev–Trinajstić information content (AvgIpc) is 2.99. The van der Waals surface area contributed by atoms with Gasteiger partial charge in [-0.15, -0.1) is 0 Å². The smallest absolute Gasteiger partial charge is 0.325 e. The SMILES string of the molecule is COC(=O)Cc1ncc(-c2ccc3c(c2)c(C(C)=O)nn3CC(=O)O)cn1. The van der Waals surface area contributed by atoms with E-state index in [1.54, 1.807) is 30.6 Å². The number of ether oxygens (including phenoxy) is 1. The molecule has 0 spiro atoms. The second-order valence-corrected chi connectivity index (χ2v) is 5.83. The van der Waals surface area contributed by atoms with Gasteiger partial charge < -0.3 is 9.84 Å². The van der Waals surface area contributed by atoms with Crippen LogP contribution in [0.5, 0.6) is 0 Å². The van der Waals surface area contributed by atoms with Crippen LogP contribution in [0, 0.1) is 0 Å². The number of carboxylic acid groups (broad SMARTS) is 1. The van der Waals surface area contributed by atoms with Crippen LogP contribution in [0.4, 0.5) is 0 Å². The number of hydrogen-bond donors (Lipinski definition) is 1. The molecule has 0 unspecified atom stereocenters. The lowest BCUT2D eigenvalue weighted by atomic mass is 10.0. The monoisotopic (exact) mass is 368 g/mol. The van der Waals surface area contributed by atoms with Gasteiger partial charge in [0.2, 0.25) is 0 Å². The van der Waals surface area contributed by atoms with Gasteiger partial charge in [0.05, 0.1) is 12.6 Å². The van der Waals surface area contributed by atoms with Crippen molar-refractivity contribution >= 4 is 28.6 Å². The normalized spacial score (nSPS) is 10.7. The van der Waals surface area contributed by atoms with E-state index in [2.05, 4.69) is 19.8 Å². The molecule has 1 N–H and O–H groups in total. The van der Waals surface area contributed by atoms with Crippen molar-refractivity contribution in [3.63, 3.8) is 0 Å². The third-order valence-corrected chi connectivity index (χ3v) is 3.94. The molecule has 1 aromatic carbocycles. The first kappa shape index (κ1) is 18.2. The molecule has 3 aromatic rings. The van der Waals surface area contributed by atoms with Crippen molar-refractivity contribution in [2.75, 3.05) is 7.11 Å². The summed E-state index contributed by atoms with van der Waals surface area (Å²) in [6.07, 6.45) is 3.12.